The van der Waals surface area contributed by atoms with Crippen LogP contribution in [0.25, 0.3) is 0 Å². The van der Waals surface area contributed by atoms with E-state index in [2.05, 4.69) is 17.0 Å². The molecular formula is C43H35Cl2F3N4O6. The van der Waals surface area contributed by atoms with Gasteiger partial charge in [-0.05, 0) is 78.6 Å². The zero-order valence-corrected chi connectivity index (χ0v) is 32.1. The van der Waals surface area contributed by atoms with Crippen LogP contribution in [0, 0.1) is 23.7 Å². The fourth-order valence-corrected chi connectivity index (χ4v) is 9.82. The number of carbonyl (C=O) groups is 4. The number of anilines is 1. The molecule has 1 aromatic heterocycles. The highest BCUT2D eigenvalue weighted by molar-refractivity contribution is 6.33. The summed E-state index contributed by atoms with van der Waals surface area (Å²) in [7, 11) is 0. The molecule has 0 bridgehead atoms. The summed E-state index contributed by atoms with van der Waals surface area (Å²) >= 11 is 12.6. The zero-order valence-electron chi connectivity index (χ0n) is 30.5. The van der Waals surface area contributed by atoms with E-state index in [0.717, 1.165) is 5.56 Å². The third kappa shape index (κ3) is 6.22. The summed E-state index contributed by atoms with van der Waals surface area (Å²) in [6.45, 7) is 3.89. The van der Waals surface area contributed by atoms with E-state index in [1.54, 1.807) is 60.7 Å². The maximum absolute atomic E-state index is 15.4. The molecule has 0 spiro atoms. The van der Waals surface area contributed by atoms with E-state index in [1.165, 1.54) is 17.0 Å². The number of rotatable bonds is 9. The molecule has 298 valence electrons. The molecule has 3 N–H and O–H groups in total. The topological polar surface area (TPSA) is 140 Å². The van der Waals surface area contributed by atoms with Crippen LogP contribution < -0.4 is 5.43 Å². The van der Waals surface area contributed by atoms with E-state index in [9.17, 15) is 37.8 Å². The molecule has 15 heteroatoms. The summed E-state index contributed by atoms with van der Waals surface area (Å²) in [5, 5.41) is 22.3. The molecule has 10 nitrogen and oxygen atoms in total. The van der Waals surface area contributed by atoms with Gasteiger partial charge >= 0.3 is 6.18 Å². The fraction of sp³-hybridized carbons (Fsp3) is 0.279. The largest absolute Gasteiger partial charge is 0.508 e. The monoisotopic (exact) mass is 830 g/mol. The molecule has 3 aromatic carbocycles. The zero-order chi connectivity index (χ0) is 41.3. The van der Waals surface area contributed by atoms with Crippen molar-refractivity contribution in [1.29, 1.82) is 0 Å². The van der Waals surface area contributed by atoms with Crippen LogP contribution in [0.4, 0.5) is 19.0 Å². The Morgan fingerprint density at radius 3 is 2.34 bits per heavy atom. The molecule has 1 saturated carbocycles. The van der Waals surface area contributed by atoms with Crippen LogP contribution >= 0.6 is 23.2 Å². The number of nitrogens with zero attached hydrogens (tertiary/aromatic N) is 3. The first-order valence-electron chi connectivity index (χ1n) is 18.5. The highest BCUT2D eigenvalue weighted by Gasteiger charge is 2.70. The van der Waals surface area contributed by atoms with Gasteiger partial charge in [0.1, 0.15) is 11.5 Å². The number of halogens is 5. The summed E-state index contributed by atoms with van der Waals surface area (Å²) in [6, 6.07) is 18.5. The number of likely N-dealkylation sites (tertiary alicyclic amines) is 1. The van der Waals surface area contributed by atoms with Crippen molar-refractivity contribution in [2.24, 2.45) is 23.7 Å². The smallest absolute Gasteiger partial charge is 0.417 e. The number of allylic oxidation sites excluding steroid dienone is 3. The summed E-state index contributed by atoms with van der Waals surface area (Å²) in [4.78, 5) is 63.9. The molecule has 4 aliphatic rings. The number of carbonyl (C=O) groups excluding carboxylic acids is 4. The number of hydrogen-bond acceptors (Lipinski definition) is 8. The number of aromatic nitrogens is 1. The standard InChI is InChI=1S/C43H35Cl2F3N4O6/c1-2-4-23-5-3-6-30(36(23)54)35-28-15-16-29-34(40(57)51(38(29)55)18-17-22-7-13-27(53)14-8-22)31(28)20-32-39(56)52(41(58)42(32,35)24-9-11-26(44)12-10-24)50-37-33(45)19-25(21-49-37)43(46,47)48/h2-3,5-15,19,21,29,31-32,34-35,53-54H,1,4,16-18,20H2,(H,49,50). The summed E-state index contributed by atoms with van der Waals surface area (Å²) in [5.74, 6) is -7.50. The molecule has 2 aliphatic carbocycles. The van der Waals surface area contributed by atoms with Crippen molar-refractivity contribution in [1.82, 2.24) is 14.9 Å². The minimum Gasteiger partial charge on any atom is -0.508 e. The lowest BCUT2D eigenvalue weighted by Gasteiger charge is -2.50. The van der Waals surface area contributed by atoms with Gasteiger partial charge in [-0.1, -0.05) is 83.4 Å². The predicted molar refractivity (Wildman–Crippen MR) is 207 cm³/mol. The second-order valence-corrected chi connectivity index (χ2v) is 15.9. The van der Waals surface area contributed by atoms with Gasteiger partial charge in [0.05, 0.1) is 33.8 Å². The number of nitrogens with one attached hydrogen (secondary N) is 1. The van der Waals surface area contributed by atoms with Gasteiger partial charge in [-0.25, -0.2) is 4.98 Å². The van der Waals surface area contributed by atoms with Crippen molar-refractivity contribution in [3.8, 4) is 11.5 Å². The molecule has 2 aliphatic heterocycles. The molecule has 6 atom stereocenters. The van der Waals surface area contributed by atoms with Gasteiger partial charge in [0.25, 0.3) is 11.8 Å². The lowest BCUT2D eigenvalue weighted by atomic mass is 9.49. The first-order valence-corrected chi connectivity index (χ1v) is 19.3. The van der Waals surface area contributed by atoms with Gasteiger partial charge in [0.15, 0.2) is 5.82 Å². The molecule has 4 amide bonds. The van der Waals surface area contributed by atoms with E-state index in [1.807, 2.05) is 6.08 Å². The number of phenolic OH excluding ortho intramolecular Hbond substituents is 2. The van der Waals surface area contributed by atoms with Crippen molar-refractivity contribution in [3.63, 3.8) is 0 Å². The summed E-state index contributed by atoms with van der Waals surface area (Å²) in [6.07, 6.45) is -0.0955. The number of hydrogen-bond donors (Lipinski definition) is 3. The van der Waals surface area contributed by atoms with Crippen LogP contribution in [0.5, 0.6) is 11.5 Å². The van der Waals surface area contributed by atoms with Crippen LogP contribution in [0.15, 0.2) is 103 Å². The second-order valence-electron chi connectivity index (χ2n) is 15.0. The number of benzene rings is 3. The minimum atomic E-state index is -4.76. The number of hydrazine groups is 1. The number of fused-ring (bicyclic) bond motifs is 4. The van der Waals surface area contributed by atoms with Gasteiger partial charge in [-0.15, -0.1) is 6.58 Å². The number of para-hydroxylation sites is 1. The van der Waals surface area contributed by atoms with E-state index in [-0.39, 0.29) is 49.0 Å². The Balaban J connectivity index is 1.28. The van der Waals surface area contributed by atoms with Crippen LogP contribution in [0.3, 0.4) is 0 Å². The molecule has 58 heavy (non-hydrogen) atoms. The van der Waals surface area contributed by atoms with Crippen LogP contribution in [-0.2, 0) is 43.6 Å². The Bertz CT molecular complexity index is 2410. The van der Waals surface area contributed by atoms with E-state index >= 15 is 4.79 Å². The van der Waals surface area contributed by atoms with Crippen LogP contribution in [0.1, 0.15) is 46.6 Å². The molecule has 3 heterocycles. The number of pyridine rings is 1. The Labute approximate surface area is 340 Å². The Hall–Kier alpha value is -5.66. The average molecular weight is 832 g/mol. The SMILES string of the molecule is C=CCc1cccc(C2C3=CCC4C(=O)N(CCc5ccc(O)cc5)C(=O)C4C3CC3C(=O)N(Nc4ncc(C(F)(F)F)cc4Cl)C(=O)C32c2ccc(Cl)cc2)c1O. The number of amides is 4. The first kappa shape index (κ1) is 39.2. The van der Waals surface area contributed by atoms with Gasteiger partial charge in [-0.2, -0.15) is 18.2 Å². The average Bonchev–Trinajstić information content (AvgIpc) is 3.56. The van der Waals surface area contributed by atoms with Gasteiger partial charge < -0.3 is 10.2 Å². The number of aromatic hydroxyl groups is 2. The van der Waals surface area contributed by atoms with Crippen molar-refractivity contribution < 1.29 is 42.6 Å². The van der Waals surface area contributed by atoms with Crippen molar-refractivity contribution >= 4 is 52.6 Å². The van der Waals surface area contributed by atoms with E-state index < -0.39 is 69.5 Å². The summed E-state index contributed by atoms with van der Waals surface area (Å²) < 4.78 is 40.6. The predicted octanol–water partition coefficient (Wildman–Crippen LogP) is 7.77. The highest BCUT2D eigenvalue weighted by Crippen LogP contribution is 2.65. The van der Waals surface area contributed by atoms with Crippen molar-refractivity contribution in [2.45, 2.75) is 43.2 Å². The van der Waals surface area contributed by atoms with E-state index in [4.69, 9.17) is 23.2 Å². The molecular weight excluding hydrogens is 796 g/mol. The van der Waals surface area contributed by atoms with Gasteiger partial charge in [0.2, 0.25) is 11.8 Å². The second kappa shape index (κ2) is 14.6. The third-order valence-electron chi connectivity index (χ3n) is 12.0. The molecule has 6 unspecified atom stereocenters. The normalized spacial score (nSPS) is 25.3. The maximum Gasteiger partial charge on any atom is 0.417 e. The molecule has 8 rings (SSSR count). The first-order chi connectivity index (χ1) is 27.7. The molecule has 3 fully saturated rings. The van der Waals surface area contributed by atoms with Crippen molar-refractivity contribution in [2.75, 3.05) is 12.0 Å². The van der Waals surface area contributed by atoms with E-state index in [0.29, 0.717) is 51.0 Å². The lowest BCUT2D eigenvalue weighted by Crippen LogP contribution is -2.53. The number of phenols is 2. The number of imide groups is 2. The lowest BCUT2D eigenvalue weighted by molar-refractivity contribution is -0.141. The minimum absolute atomic E-state index is 0.0685. The Kier molecular flexibility index (Phi) is 9.87. The Morgan fingerprint density at radius 1 is 0.948 bits per heavy atom. The number of alkyl halides is 3. The molecule has 4 aromatic rings. The van der Waals surface area contributed by atoms with Crippen molar-refractivity contribution in [3.05, 3.63) is 141 Å². The molecule has 2 saturated heterocycles. The third-order valence-corrected chi connectivity index (χ3v) is 12.6. The summed E-state index contributed by atoms with van der Waals surface area (Å²) in [5.41, 5.74) is 2.21. The van der Waals surface area contributed by atoms with Crippen LogP contribution in [-0.4, -0.2) is 55.3 Å². The van der Waals surface area contributed by atoms with Crippen LogP contribution in [0.2, 0.25) is 10.0 Å². The fourth-order valence-electron chi connectivity index (χ4n) is 9.48. The van der Waals surface area contributed by atoms with Gasteiger partial charge in [-0.3, -0.25) is 29.5 Å². The quantitative estimate of drug-likeness (QED) is 0.115. The molecule has 0 radical (unpaired) electrons. The highest BCUT2D eigenvalue weighted by atomic mass is 35.5. The Morgan fingerprint density at radius 2 is 1.67 bits per heavy atom. The maximum atomic E-state index is 15.4. The van der Waals surface area contributed by atoms with Gasteiger partial charge in [0, 0.05) is 29.2 Å².